The molecule has 0 aliphatic carbocycles. The van der Waals surface area contributed by atoms with Crippen LogP contribution in [-0.2, 0) is 16.0 Å². The Hall–Kier alpha value is -2.74. The highest BCUT2D eigenvalue weighted by atomic mass is 16.3. The molecule has 0 radical (unpaired) electrons. The lowest BCUT2D eigenvalue weighted by atomic mass is 10.0. The van der Waals surface area contributed by atoms with Gasteiger partial charge >= 0.3 is 0 Å². The molecule has 2 unspecified atom stereocenters. The first kappa shape index (κ1) is 20.0. The molecule has 0 bridgehead atoms. The lowest BCUT2D eigenvalue weighted by molar-refractivity contribution is -0.138. The topological polar surface area (TPSA) is 115 Å². The highest BCUT2D eigenvalue weighted by molar-refractivity contribution is 5.91. The van der Waals surface area contributed by atoms with Crippen LogP contribution in [0.25, 0.3) is 10.8 Å². The van der Waals surface area contributed by atoms with Crippen molar-refractivity contribution in [2.24, 2.45) is 5.92 Å². The molecule has 150 valence electrons. The molecule has 1 aromatic heterocycles. The molecule has 1 aromatic carbocycles. The molecule has 2 aromatic rings. The van der Waals surface area contributed by atoms with Crippen LogP contribution in [0.2, 0.25) is 0 Å². The van der Waals surface area contributed by atoms with Gasteiger partial charge in [-0.2, -0.15) is 5.10 Å². The van der Waals surface area contributed by atoms with Crippen molar-refractivity contribution in [2.75, 3.05) is 13.2 Å². The smallest absolute Gasteiger partial charge is 0.272 e. The molecule has 28 heavy (non-hydrogen) atoms. The van der Waals surface area contributed by atoms with E-state index in [0.717, 1.165) is 12.8 Å². The Morgan fingerprint density at radius 2 is 2.04 bits per heavy atom. The molecule has 1 fully saturated rings. The van der Waals surface area contributed by atoms with Gasteiger partial charge in [-0.15, -0.1) is 0 Å². The van der Waals surface area contributed by atoms with E-state index in [1.165, 1.54) is 0 Å². The number of rotatable bonds is 6. The summed E-state index contributed by atoms with van der Waals surface area (Å²) in [7, 11) is 0. The van der Waals surface area contributed by atoms with Crippen molar-refractivity contribution in [3.8, 4) is 0 Å². The SMILES string of the molecule is CC(C)C(NC(=O)Cc1n[nH]c(=O)c2ccccc12)C(=O)N1CCCC1CO. The Balaban J connectivity index is 1.76. The lowest BCUT2D eigenvalue weighted by Gasteiger charge is -2.30. The fraction of sp³-hybridized carbons (Fsp3) is 0.500. The zero-order valence-corrected chi connectivity index (χ0v) is 16.1. The van der Waals surface area contributed by atoms with Gasteiger partial charge in [0.25, 0.3) is 5.56 Å². The number of nitrogens with zero attached hydrogens (tertiary/aromatic N) is 2. The molecule has 1 aliphatic rings. The van der Waals surface area contributed by atoms with E-state index in [0.29, 0.717) is 23.0 Å². The number of likely N-dealkylation sites (tertiary alicyclic amines) is 1. The van der Waals surface area contributed by atoms with Crippen molar-refractivity contribution in [1.29, 1.82) is 0 Å². The minimum absolute atomic E-state index is 0.0444. The van der Waals surface area contributed by atoms with Gasteiger partial charge in [-0.1, -0.05) is 32.0 Å². The normalized spacial score (nSPS) is 17.9. The molecule has 3 N–H and O–H groups in total. The number of hydrogen-bond acceptors (Lipinski definition) is 5. The van der Waals surface area contributed by atoms with Gasteiger partial charge in [0.05, 0.1) is 30.1 Å². The summed E-state index contributed by atoms with van der Waals surface area (Å²) in [6.07, 6.45) is 1.58. The summed E-state index contributed by atoms with van der Waals surface area (Å²) in [4.78, 5) is 39.2. The van der Waals surface area contributed by atoms with Gasteiger partial charge in [-0.25, -0.2) is 5.10 Å². The van der Waals surface area contributed by atoms with Gasteiger partial charge in [-0.05, 0) is 24.8 Å². The highest BCUT2D eigenvalue weighted by Gasteiger charge is 2.34. The van der Waals surface area contributed by atoms with Crippen molar-refractivity contribution in [3.63, 3.8) is 0 Å². The van der Waals surface area contributed by atoms with Crippen LogP contribution in [0, 0.1) is 5.92 Å². The maximum absolute atomic E-state index is 12.9. The van der Waals surface area contributed by atoms with Gasteiger partial charge in [0, 0.05) is 11.9 Å². The number of nitrogens with one attached hydrogen (secondary N) is 2. The van der Waals surface area contributed by atoms with E-state index in [4.69, 9.17) is 0 Å². The zero-order valence-electron chi connectivity index (χ0n) is 16.1. The van der Waals surface area contributed by atoms with Crippen LogP contribution in [-0.4, -0.2) is 57.3 Å². The Morgan fingerprint density at radius 3 is 2.71 bits per heavy atom. The molecule has 8 heteroatoms. The van der Waals surface area contributed by atoms with Crippen molar-refractivity contribution in [3.05, 3.63) is 40.3 Å². The molecule has 0 spiro atoms. The lowest BCUT2D eigenvalue weighted by Crippen LogP contribution is -2.53. The van der Waals surface area contributed by atoms with Crippen LogP contribution in [0.15, 0.2) is 29.1 Å². The number of carbonyl (C=O) groups excluding carboxylic acids is 2. The van der Waals surface area contributed by atoms with Gasteiger partial charge in [0.1, 0.15) is 6.04 Å². The van der Waals surface area contributed by atoms with E-state index in [-0.39, 0.29) is 42.4 Å². The maximum atomic E-state index is 12.9. The molecule has 2 amide bonds. The van der Waals surface area contributed by atoms with Gasteiger partial charge in [-0.3, -0.25) is 14.4 Å². The fourth-order valence-electron chi connectivity index (χ4n) is 3.69. The molecule has 8 nitrogen and oxygen atoms in total. The minimum Gasteiger partial charge on any atom is -0.394 e. The number of H-pyrrole nitrogens is 1. The van der Waals surface area contributed by atoms with Gasteiger partial charge in [0.15, 0.2) is 0 Å². The molecule has 0 saturated carbocycles. The summed E-state index contributed by atoms with van der Waals surface area (Å²) in [6, 6.07) is 6.11. The number of hydrogen-bond donors (Lipinski definition) is 3. The number of amides is 2. The van der Waals surface area contributed by atoms with Crippen molar-refractivity contribution < 1.29 is 14.7 Å². The third-order valence-electron chi connectivity index (χ3n) is 5.22. The van der Waals surface area contributed by atoms with Crippen molar-refractivity contribution >= 4 is 22.6 Å². The number of aromatic amines is 1. The molecular weight excluding hydrogens is 360 g/mol. The largest absolute Gasteiger partial charge is 0.394 e. The van der Waals surface area contributed by atoms with E-state index in [9.17, 15) is 19.5 Å². The van der Waals surface area contributed by atoms with Gasteiger partial charge < -0.3 is 15.3 Å². The summed E-state index contributed by atoms with van der Waals surface area (Å²) in [6.45, 7) is 4.27. The van der Waals surface area contributed by atoms with E-state index in [1.807, 2.05) is 13.8 Å². The Labute approximate surface area is 162 Å². The first-order valence-electron chi connectivity index (χ1n) is 9.59. The number of aromatic nitrogens is 2. The van der Waals surface area contributed by atoms with Crippen LogP contribution in [0.5, 0.6) is 0 Å². The standard InChI is InChI=1S/C20H26N4O4/c1-12(2)18(20(28)24-9-5-6-13(24)11-25)21-17(26)10-16-14-7-3-4-8-15(14)19(27)23-22-16/h3-4,7-8,12-13,18,25H,5-6,9-11H2,1-2H3,(H,21,26)(H,23,27). The van der Waals surface area contributed by atoms with Crippen LogP contribution < -0.4 is 10.9 Å². The summed E-state index contributed by atoms with van der Waals surface area (Å²) in [5.74, 6) is -0.604. The van der Waals surface area contributed by atoms with E-state index < -0.39 is 6.04 Å². The number of benzene rings is 1. The van der Waals surface area contributed by atoms with Crippen molar-refractivity contribution in [1.82, 2.24) is 20.4 Å². The molecule has 1 saturated heterocycles. The third-order valence-corrected chi connectivity index (χ3v) is 5.22. The second-order valence-electron chi connectivity index (χ2n) is 7.52. The van der Waals surface area contributed by atoms with Crippen LogP contribution in [0.1, 0.15) is 32.4 Å². The van der Waals surface area contributed by atoms with Crippen LogP contribution in [0.3, 0.4) is 0 Å². The number of carbonyl (C=O) groups is 2. The Kier molecular flexibility index (Phi) is 6.08. The average molecular weight is 386 g/mol. The fourth-order valence-corrected chi connectivity index (χ4v) is 3.69. The molecule has 3 rings (SSSR count). The number of aliphatic hydroxyl groups excluding tert-OH is 1. The van der Waals surface area contributed by atoms with E-state index in [1.54, 1.807) is 29.2 Å². The number of fused-ring (bicyclic) bond motifs is 1. The predicted octanol–water partition coefficient (Wildman–Crippen LogP) is 0.590. The molecule has 2 heterocycles. The van der Waals surface area contributed by atoms with Crippen molar-refractivity contribution in [2.45, 2.75) is 45.2 Å². The summed E-state index contributed by atoms with van der Waals surface area (Å²) >= 11 is 0. The first-order chi connectivity index (χ1) is 13.4. The van der Waals surface area contributed by atoms with E-state index in [2.05, 4.69) is 15.5 Å². The molecule has 1 aliphatic heterocycles. The monoisotopic (exact) mass is 386 g/mol. The second-order valence-corrected chi connectivity index (χ2v) is 7.52. The second kappa shape index (κ2) is 8.52. The average Bonchev–Trinajstić information content (AvgIpc) is 3.16. The number of aliphatic hydroxyl groups is 1. The summed E-state index contributed by atoms with van der Waals surface area (Å²) in [5.41, 5.74) is 0.149. The maximum Gasteiger partial charge on any atom is 0.272 e. The first-order valence-corrected chi connectivity index (χ1v) is 9.59. The Bertz CT molecular complexity index is 924. The third kappa shape index (κ3) is 4.06. The highest BCUT2D eigenvalue weighted by Crippen LogP contribution is 2.20. The van der Waals surface area contributed by atoms with Gasteiger partial charge in [0.2, 0.25) is 11.8 Å². The summed E-state index contributed by atoms with van der Waals surface area (Å²) in [5, 5.41) is 19.8. The van der Waals surface area contributed by atoms with Crippen LogP contribution in [0.4, 0.5) is 0 Å². The quantitative estimate of drug-likeness (QED) is 0.672. The van der Waals surface area contributed by atoms with Crippen LogP contribution >= 0.6 is 0 Å². The zero-order chi connectivity index (χ0) is 20.3. The minimum atomic E-state index is -0.673. The Morgan fingerprint density at radius 1 is 1.32 bits per heavy atom. The molecule has 2 atom stereocenters. The molecular formula is C20H26N4O4. The van der Waals surface area contributed by atoms with E-state index >= 15 is 0 Å². The predicted molar refractivity (Wildman–Crippen MR) is 105 cm³/mol. The summed E-state index contributed by atoms with van der Waals surface area (Å²) < 4.78 is 0.